The van der Waals surface area contributed by atoms with Crippen LogP contribution in [0.25, 0.3) is 0 Å². The molecule has 1 aromatic heterocycles. The van der Waals surface area contributed by atoms with Crippen LogP contribution >= 0.6 is 15.9 Å². The minimum Gasteiger partial charge on any atom is -0.372 e. The summed E-state index contributed by atoms with van der Waals surface area (Å²) in [7, 11) is 1.86. The minimum atomic E-state index is 0.611. The Balaban J connectivity index is 3.00. The predicted molar refractivity (Wildman–Crippen MR) is 72.0 cm³/mol. The third-order valence-electron chi connectivity index (χ3n) is 2.27. The van der Waals surface area contributed by atoms with Gasteiger partial charge in [-0.05, 0) is 28.8 Å². The highest BCUT2D eigenvalue weighted by molar-refractivity contribution is 9.10. The number of anilines is 2. The predicted octanol–water partition coefficient (Wildman–Crippen LogP) is 2.76. The number of hydrogen-bond acceptors (Lipinski definition) is 4. The Kier molecular flexibility index (Phi) is 4.99. The summed E-state index contributed by atoms with van der Waals surface area (Å²) in [5.41, 5.74) is 0. The van der Waals surface area contributed by atoms with Crippen LogP contribution in [-0.2, 0) is 0 Å². The molecule has 0 spiro atoms. The second-order valence-electron chi connectivity index (χ2n) is 4.04. The zero-order chi connectivity index (χ0) is 12.1. The van der Waals surface area contributed by atoms with Gasteiger partial charge in [0.1, 0.15) is 22.4 Å². The molecule has 5 heteroatoms. The maximum atomic E-state index is 4.34. The van der Waals surface area contributed by atoms with Gasteiger partial charge >= 0.3 is 0 Å². The van der Waals surface area contributed by atoms with Crippen LogP contribution in [0, 0.1) is 5.92 Å². The maximum Gasteiger partial charge on any atom is 0.148 e. The summed E-state index contributed by atoms with van der Waals surface area (Å²) in [5, 5.41) is 3.04. The Labute approximate surface area is 106 Å². The van der Waals surface area contributed by atoms with Crippen LogP contribution in [0.5, 0.6) is 0 Å². The molecular formula is C11H19BrN4. The van der Waals surface area contributed by atoms with Crippen molar-refractivity contribution in [1.82, 2.24) is 9.97 Å². The molecular weight excluding hydrogens is 268 g/mol. The van der Waals surface area contributed by atoms with Gasteiger partial charge in [-0.3, -0.25) is 0 Å². The van der Waals surface area contributed by atoms with Crippen LogP contribution in [0.3, 0.4) is 0 Å². The van der Waals surface area contributed by atoms with Crippen molar-refractivity contribution in [1.29, 1.82) is 0 Å². The number of halogens is 1. The van der Waals surface area contributed by atoms with E-state index < -0.39 is 0 Å². The van der Waals surface area contributed by atoms with Crippen molar-refractivity contribution in [2.75, 3.05) is 30.4 Å². The van der Waals surface area contributed by atoms with Crippen molar-refractivity contribution >= 4 is 27.6 Å². The first-order valence-corrected chi connectivity index (χ1v) is 6.32. The summed E-state index contributed by atoms with van der Waals surface area (Å²) in [6.07, 6.45) is 1.59. The molecule has 4 nitrogen and oxygen atoms in total. The molecule has 0 radical (unpaired) electrons. The lowest BCUT2D eigenvalue weighted by Gasteiger charge is -2.25. The van der Waals surface area contributed by atoms with Gasteiger partial charge in [0.2, 0.25) is 0 Å². The van der Waals surface area contributed by atoms with Gasteiger partial charge in [-0.25, -0.2) is 9.97 Å². The molecule has 0 amide bonds. The van der Waals surface area contributed by atoms with Crippen molar-refractivity contribution in [3.05, 3.63) is 10.8 Å². The average molecular weight is 287 g/mol. The minimum absolute atomic E-state index is 0.611. The summed E-state index contributed by atoms with van der Waals surface area (Å²) in [4.78, 5) is 10.7. The third-order valence-corrected chi connectivity index (χ3v) is 3.00. The van der Waals surface area contributed by atoms with Gasteiger partial charge in [-0.2, -0.15) is 0 Å². The Bertz CT molecular complexity index is 341. The summed E-state index contributed by atoms with van der Waals surface area (Å²) in [6.45, 7) is 8.48. The van der Waals surface area contributed by atoms with Gasteiger partial charge in [-0.15, -0.1) is 0 Å². The van der Waals surface area contributed by atoms with Crippen molar-refractivity contribution in [2.45, 2.75) is 20.8 Å². The number of nitrogens with zero attached hydrogens (tertiary/aromatic N) is 3. The van der Waals surface area contributed by atoms with E-state index in [0.717, 1.165) is 29.2 Å². The van der Waals surface area contributed by atoms with Gasteiger partial charge in [0.05, 0.1) is 0 Å². The van der Waals surface area contributed by atoms with Crippen molar-refractivity contribution in [2.24, 2.45) is 5.92 Å². The lowest BCUT2D eigenvalue weighted by molar-refractivity contribution is 0.613. The standard InChI is InChI=1S/C11H19BrN4/c1-5-16(6-8(2)3)11-9(12)10(13-4)14-7-15-11/h7-8H,5-6H2,1-4H3,(H,13,14,15). The van der Waals surface area contributed by atoms with E-state index in [1.165, 1.54) is 0 Å². The number of nitrogens with one attached hydrogen (secondary N) is 1. The number of hydrogen-bond donors (Lipinski definition) is 1. The van der Waals surface area contributed by atoms with Crippen LogP contribution in [0.4, 0.5) is 11.6 Å². The van der Waals surface area contributed by atoms with Gasteiger partial charge in [0.15, 0.2) is 0 Å². The van der Waals surface area contributed by atoms with Gasteiger partial charge in [-0.1, -0.05) is 13.8 Å². The van der Waals surface area contributed by atoms with Crippen molar-refractivity contribution < 1.29 is 0 Å². The summed E-state index contributed by atoms with van der Waals surface area (Å²) < 4.78 is 0.931. The zero-order valence-corrected chi connectivity index (χ0v) is 11.9. The highest BCUT2D eigenvalue weighted by Crippen LogP contribution is 2.29. The molecule has 0 aromatic carbocycles. The highest BCUT2D eigenvalue weighted by Gasteiger charge is 2.14. The van der Waals surface area contributed by atoms with E-state index in [2.05, 4.69) is 56.9 Å². The first-order chi connectivity index (χ1) is 7.60. The lowest BCUT2D eigenvalue weighted by atomic mass is 10.2. The SMILES string of the molecule is CCN(CC(C)C)c1ncnc(NC)c1Br. The van der Waals surface area contributed by atoms with Gasteiger partial charge < -0.3 is 10.2 Å². The van der Waals surface area contributed by atoms with E-state index in [-0.39, 0.29) is 0 Å². The van der Waals surface area contributed by atoms with E-state index in [1.807, 2.05) is 7.05 Å². The lowest BCUT2D eigenvalue weighted by Crippen LogP contribution is -2.28. The quantitative estimate of drug-likeness (QED) is 0.904. The fourth-order valence-corrected chi connectivity index (χ4v) is 2.22. The molecule has 0 bridgehead atoms. The molecule has 16 heavy (non-hydrogen) atoms. The molecule has 90 valence electrons. The monoisotopic (exact) mass is 286 g/mol. The Morgan fingerprint density at radius 3 is 2.62 bits per heavy atom. The number of rotatable bonds is 5. The van der Waals surface area contributed by atoms with E-state index in [4.69, 9.17) is 0 Å². The maximum absolute atomic E-state index is 4.34. The molecule has 1 heterocycles. The fourth-order valence-electron chi connectivity index (χ4n) is 1.56. The van der Waals surface area contributed by atoms with Crippen LogP contribution < -0.4 is 10.2 Å². The molecule has 0 fully saturated rings. The Morgan fingerprint density at radius 2 is 2.12 bits per heavy atom. The molecule has 0 atom stereocenters. The molecule has 0 unspecified atom stereocenters. The van der Waals surface area contributed by atoms with Crippen LogP contribution in [0.15, 0.2) is 10.8 Å². The molecule has 0 saturated carbocycles. The third kappa shape index (κ3) is 3.07. The fraction of sp³-hybridized carbons (Fsp3) is 0.636. The number of aromatic nitrogens is 2. The molecule has 1 rings (SSSR count). The van der Waals surface area contributed by atoms with Crippen LogP contribution in [0.1, 0.15) is 20.8 Å². The Morgan fingerprint density at radius 1 is 1.44 bits per heavy atom. The Hall–Kier alpha value is -0.840. The topological polar surface area (TPSA) is 41.1 Å². The molecule has 1 aromatic rings. The van der Waals surface area contributed by atoms with Crippen molar-refractivity contribution in [3.63, 3.8) is 0 Å². The van der Waals surface area contributed by atoms with Gasteiger partial charge in [0.25, 0.3) is 0 Å². The smallest absolute Gasteiger partial charge is 0.148 e. The largest absolute Gasteiger partial charge is 0.372 e. The first kappa shape index (κ1) is 13.2. The second-order valence-corrected chi connectivity index (χ2v) is 4.84. The van der Waals surface area contributed by atoms with E-state index in [1.54, 1.807) is 6.33 Å². The van der Waals surface area contributed by atoms with E-state index in [0.29, 0.717) is 5.92 Å². The average Bonchev–Trinajstić information content (AvgIpc) is 2.26. The molecule has 0 saturated heterocycles. The summed E-state index contributed by atoms with van der Waals surface area (Å²) in [5.74, 6) is 2.39. The second kappa shape index (κ2) is 6.03. The molecule has 0 aliphatic heterocycles. The molecule has 0 aliphatic rings. The zero-order valence-electron chi connectivity index (χ0n) is 10.3. The molecule has 0 aliphatic carbocycles. The molecule has 1 N–H and O–H groups in total. The van der Waals surface area contributed by atoms with Crippen LogP contribution in [-0.4, -0.2) is 30.1 Å². The summed E-state index contributed by atoms with van der Waals surface area (Å²) in [6, 6.07) is 0. The van der Waals surface area contributed by atoms with Crippen molar-refractivity contribution in [3.8, 4) is 0 Å². The van der Waals surface area contributed by atoms with Crippen LogP contribution in [0.2, 0.25) is 0 Å². The normalized spacial score (nSPS) is 10.6. The van der Waals surface area contributed by atoms with E-state index >= 15 is 0 Å². The highest BCUT2D eigenvalue weighted by atomic mass is 79.9. The summed E-state index contributed by atoms with van der Waals surface area (Å²) >= 11 is 3.54. The first-order valence-electron chi connectivity index (χ1n) is 5.53. The van der Waals surface area contributed by atoms with E-state index in [9.17, 15) is 0 Å². The van der Waals surface area contributed by atoms with Gasteiger partial charge in [0, 0.05) is 20.1 Å².